The number of halogens is 2. The van der Waals surface area contributed by atoms with Gasteiger partial charge in [0.15, 0.2) is 0 Å². The number of rotatable bonds is 11. The lowest BCUT2D eigenvalue weighted by molar-refractivity contribution is -0.142. The van der Waals surface area contributed by atoms with Crippen LogP contribution in [0.25, 0.3) is 11.0 Å². The van der Waals surface area contributed by atoms with E-state index < -0.39 is 0 Å². The highest BCUT2D eigenvalue weighted by molar-refractivity contribution is 14.1. The molecular weight excluding hydrogens is 646 g/mol. The summed E-state index contributed by atoms with van der Waals surface area (Å²) in [4.78, 5) is 25.9. The van der Waals surface area contributed by atoms with E-state index in [0.717, 1.165) is 39.7 Å². The van der Waals surface area contributed by atoms with Gasteiger partial charge in [-0.25, -0.2) is 4.79 Å². The molecule has 1 unspecified atom stereocenters. The number of esters is 1. The van der Waals surface area contributed by atoms with Crippen LogP contribution in [-0.2, 0) is 9.53 Å². The summed E-state index contributed by atoms with van der Waals surface area (Å²) in [5.74, 6) is 0.806. The number of hydrogen-bond acceptors (Lipinski definition) is 6. The van der Waals surface area contributed by atoms with E-state index in [1.54, 1.807) is 17.8 Å². The summed E-state index contributed by atoms with van der Waals surface area (Å²) in [7, 11) is 0. The van der Waals surface area contributed by atoms with E-state index >= 15 is 0 Å². The minimum atomic E-state index is -0.288. The summed E-state index contributed by atoms with van der Waals surface area (Å²) in [5.41, 5.74) is 0.395. The zero-order valence-corrected chi connectivity index (χ0v) is 22.7. The molecule has 1 aromatic heterocycles. The first-order valence-electron chi connectivity index (χ1n) is 10.3. The van der Waals surface area contributed by atoms with Crippen LogP contribution >= 0.6 is 68.7 Å². The van der Waals surface area contributed by atoms with Crippen molar-refractivity contribution in [3.05, 3.63) is 34.7 Å². The third kappa shape index (κ3) is 7.58. The Kier molecular flexibility index (Phi) is 10.6. The molecule has 1 heterocycles. The van der Waals surface area contributed by atoms with E-state index in [4.69, 9.17) is 9.15 Å². The number of carbonyl (C=O) groups excluding carboxylic acids is 1. The van der Waals surface area contributed by atoms with Gasteiger partial charge in [0.05, 0.1) is 6.61 Å². The highest BCUT2D eigenvalue weighted by atomic mass is 127. The van der Waals surface area contributed by atoms with Crippen molar-refractivity contribution in [2.24, 2.45) is 0 Å². The fourth-order valence-corrected chi connectivity index (χ4v) is 6.28. The normalized spacial score (nSPS) is 15.5. The average molecular weight is 672 g/mol. The van der Waals surface area contributed by atoms with Crippen molar-refractivity contribution in [1.29, 1.82) is 0 Å². The molecular formula is C22H26I2O4S2. The van der Waals surface area contributed by atoms with Gasteiger partial charge in [-0.05, 0) is 56.1 Å². The summed E-state index contributed by atoms with van der Waals surface area (Å²) in [6, 6.07) is 7.86. The van der Waals surface area contributed by atoms with Gasteiger partial charge in [0.1, 0.15) is 9.51 Å². The van der Waals surface area contributed by atoms with Crippen molar-refractivity contribution >= 4 is 85.6 Å². The Balaban J connectivity index is 1.48. The molecule has 1 atom stereocenters. The molecule has 0 amide bonds. The van der Waals surface area contributed by atoms with Gasteiger partial charge in [0.25, 0.3) is 0 Å². The largest absolute Gasteiger partial charge is 0.465 e. The summed E-state index contributed by atoms with van der Waals surface area (Å²) in [6.45, 7) is 0.485. The molecule has 2 aromatic rings. The summed E-state index contributed by atoms with van der Waals surface area (Å²) in [5, 5.41) is 1.70. The monoisotopic (exact) mass is 672 g/mol. The third-order valence-electron chi connectivity index (χ3n) is 4.96. The number of carbonyl (C=O) groups is 1. The second-order valence-electron chi connectivity index (χ2n) is 7.31. The molecule has 0 radical (unpaired) electrons. The topological polar surface area (TPSA) is 56.5 Å². The summed E-state index contributed by atoms with van der Waals surface area (Å²) < 4.78 is 11.5. The number of unbranched alkanes of at least 4 members (excludes halogenated alkanes) is 2. The zero-order chi connectivity index (χ0) is 21.3. The number of fused-ring (bicyclic) bond motifs is 1. The van der Waals surface area contributed by atoms with Crippen LogP contribution < -0.4 is 5.63 Å². The van der Waals surface area contributed by atoms with E-state index in [-0.39, 0.29) is 15.5 Å². The first kappa shape index (κ1) is 24.7. The van der Waals surface area contributed by atoms with Crippen molar-refractivity contribution in [1.82, 2.24) is 0 Å². The Labute approximate surface area is 213 Å². The van der Waals surface area contributed by atoms with Gasteiger partial charge in [0.2, 0.25) is 0 Å². The highest BCUT2D eigenvalue weighted by Gasteiger charge is 2.17. The molecule has 0 bridgehead atoms. The van der Waals surface area contributed by atoms with Crippen molar-refractivity contribution in [2.45, 2.75) is 63.9 Å². The van der Waals surface area contributed by atoms with Crippen LogP contribution in [0.1, 0.15) is 44.9 Å². The number of benzene rings is 1. The van der Waals surface area contributed by atoms with Gasteiger partial charge in [-0.1, -0.05) is 58.0 Å². The van der Waals surface area contributed by atoms with Crippen LogP contribution in [0.4, 0.5) is 0 Å². The Morgan fingerprint density at radius 3 is 2.77 bits per heavy atom. The van der Waals surface area contributed by atoms with E-state index in [1.807, 2.05) is 17.8 Å². The molecule has 1 saturated carbocycles. The summed E-state index contributed by atoms with van der Waals surface area (Å²) >= 11 is 7.91. The van der Waals surface area contributed by atoms with Crippen LogP contribution in [0.2, 0.25) is 0 Å². The fourth-order valence-electron chi connectivity index (χ4n) is 3.39. The maximum atomic E-state index is 12.0. The molecule has 8 heteroatoms. The number of alkyl halides is 2. The number of thioether (sulfide) groups is 2. The molecule has 164 valence electrons. The first-order valence-corrected chi connectivity index (χ1v) is 14.9. The second kappa shape index (κ2) is 12.9. The van der Waals surface area contributed by atoms with Gasteiger partial charge < -0.3 is 9.15 Å². The van der Waals surface area contributed by atoms with Gasteiger partial charge in [-0.3, -0.25) is 4.79 Å². The second-order valence-corrected chi connectivity index (χ2v) is 12.2. The predicted octanol–water partition coefficient (Wildman–Crippen LogP) is 6.87. The third-order valence-corrected chi connectivity index (χ3v) is 11.0. The lowest BCUT2D eigenvalue weighted by Crippen LogP contribution is -2.18. The molecule has 4 nitrogen and oxygen atoms in total. The first-order chi connectivity index (χ1) is 14.6. The van der Waals surface area contributed by atoms with Crippen molar-refractivity contribution in [2.75, 3.05) is 16.8 Å². The lowest BCUT2D eigenvalue weighted by atomic mass is 10.2. The van der Waals surface area contributed by atoms with Gasteiger partial charge in [-0.2, -0.15) is 0 Å². The molecule has 3 rings (SSSR count). The van der Waals surface area contributed by atoms with Crippen LogP contribution in [0.15, 0.2) is 43.3 Å². The van der Waals surface area contributed by atoms with Crippen molar-refractivity contribution in [3.8, 4) is 0 Å². The lowest BCUT2D eigenvalue weighted by Gasteiger charge is -2.10. The average Bonchev–Trinajstić information content (AvgIpc) is 3.24. The fraction of sp³-hybridized carbons (Fsp3) is 0.545. The number of ether oxygens (including phenoxy) is 1. The van der Waals surface area contributed by atoms with Gasteiger partial charge >= 0.3 is 11.6 Å². The van der Waals surface area contributed by atoms with Crippen molar-refractivity contribution in [3.63, 3.8) is 0 Å². The van der Waals surface area contributed by atoms with Gasteiger partial charge in [-0.15, -0.1) is 23.5 Å². The molecule has 0 saturated heterocycles. The SMILES string of the molecule is O=C(OCCCCCSc1cc(=O)oc2cc(SC3CCCC3)ccc12)C(I)CI. The maximum Gasteiger partial charge on any atom is 0.337 e. The maximum absolute atomic E-state index is 12.0. The van der Waals surface area contributed by atoms with Crippen LogP contribution in [0, 0.1) is 0 Å². The molecule has 1 fully saturated rings. The minimum Gasteiger partial charge on any atom is -0.465 e. The molecule has 30 heavy (non-hydrogen) atoms. The zero-order valence-electron chi connectivity index (χ0n) is 16.7. The van der Waals surface area contributed by atoms with Gasteiger partial charge in [0, 0.05) is 30.9 Å². The van der Waals surface area contributed by atoms with Crippen LogP contribution in [-0.4, -0.2) is 31.9 Å². The Bertz CT molecular complexity index is 896. The standard InChI is InChI=1S/C22H26I2O4S2/c23-14-18(24)22(26)27-10-4-1-5-11-29-20-13-21(25)28-19-12-16(8-9-17(19)20)30-15-6-2-3-7-15/h8-9,12-13,15,18H,1-7,10-11,14H2. The Morgan fingerprint density at radius 1 is 1.20 bits per heavy atom. The molecule has 0 N–H and O–H groups in total. The molecule has 1 aliphatic rings. The van der Waals surface area contributed by atoms with Crippen LogP contribution in [0.5, 0.6) is 0 Å². The van der Waals surface area contributed by atoms with E-state index in [1.165, 1.54) is 30.6 Å². The highest BCUT2D eigenvalue weighted by Crippen LogP contribution is 2.37. The smallest absolute Gasteiger partial charge is 0.337 e. The van der Waals surface area contributed by atoms with E-state index in [0.29, 0.717) is 17.4 Å². The summed E-state index contributed by atoms with van der Waals surface area (Å²) in [6.07, 6.45) is 8.08. The molecule has 1 aromatic carbocycles. The minimum absolute atomic E-state index is 0.0612. The van der Waals surface area contributed by atoms with E-state index in [9.17, 15) is 9.59 Å². The van der Waals surface area contributed by atoms with E-state index in [2.05, 4.69) is 57.3 Å². The Hall–Kier alpha value is 0.0600. The number of hydrogen-bond donors (Lipinski definition) is 0. The Morgan fingerprint density at radius 2 is 2.00 bits per heavy atom. The molecule has 0 spiro atoms. The van der Waals surface area contributed by atoms with Crippen molar-refractivity contribution < 1.29 is 13.9 Å². The quantitative estimate of drug-likeness (QED) is 0.0649. The molecule has 1 aliphatic carbocycles. The predicted molar refractivity (Wildman–Crippen MR) is 143 cm³/mol. The van der Waals surface area contributed by atoms with Crippen LogP contribution in [0.3, 0.4) is 0 Å². The molecule has 0 aliphatic heterocycles.